The van der Waals surface area contributed by atoms with Gasteiger partial charge in [-0.15, -0.1) is 0 Å². The first-order chi connectivity index (χ1) is 7.52. The number of hydrogen-bond acceptors (Lipinski definition) is 3. The van der Waals surface area contributed by atoms with Crippen LogP contribution < -0.4 is 11.1 Å². The lowest BCUT2D eigenvalue weighted by atomic mass is 9.80. The third-order valence-corrected chi connectivity index (χ3v) is 2.48. The number of carbonyl (C=O) groups is 2. The number of likely N-dealkylation sites (N-methyl/N-ethyl adjacent to an activating group) is 1. The Kier molecular flexibility index (Phi) is 5.13. The fraction of sp³-hybridized carbons (Fsp3) is 0.833. The van der Waals surface area contributed by atoms with Gasteiger partial charge in [-0.05, 0) is 13.8 Å². The highest BCUT2D eigenvalue weighted by atomic mass is 16.2. The lowest BCUT2D eigenvalue weighted by Gasteiger charge is -2.33. The van der Waals surface area contributed by atoms with Crippen molar-refractivity contribution in [1.82, 2.24) is 10.2 Å². The Balaban J connectivity index is 4.66. The van der Waals surface area contributed by atoms with Gasteiger partial charge in [0.05, 0.1) is 5.54 Å². The number of urea groups is 1. The molecule has 0 aliphatic heterocycles. The first-order valence-corrected chi connectivity index (χ1v) is 5.80. The van der Waals surface area contributed by atoms with Gasteiger partial charge in [0.25, 0.3) is 0 Å². The molecular formula is C12H25N3O2. The van der Waals surface area contributed by atoms with E-state index in [0.717, 1.165) is 0 Å². The molecule has 3 N–H and O–H groups in total. The van der Waals surface area contributed by atoms with E-state index in [2.05, 4.69) is 5.32 Å². The average molecular weight is 243 g/mol. The van der Waals surface area contributed by atoms with Crippen LogP contribution in [0.25, 0.3) is 0 Å². The number of carbonyl (C=O) groups excluding carboxylic acids is 2. The Morgan fingerprint density at radius 1 is 1.18 bits per heavy atom. The highest BCUT2D eigenvalue weighted by Gasteiger charge is 2.37. The van der Waals surface area contributed by atoms with Gasteiger partial charge >= 0.3 is 6.03 Å². The van der Waals surface area contributed by atoms with Crippen molar-refractivity contribution in [2.45, 2.75) is 40.2 Å². The van der Waals surface area contributed by atoms with Gasteiger partial charge in [-0.2, -0.15) is 0 Å². The van der Waals surface area contributed by atoms with E-state index in [4.69, 9.17) is 5.73 Å². The third kappa shape index (κ3) is 4.73. The molecule has 100 valence electrons. The smallest absolute Gasteiger partial charge is 0.317 e. The maximum atomic E-state index is 12.1. The SMILES string of the molecule is CN(CCN)C(=O)NC(C)(C)C(=O)C(C)(C)C. The molecule has 5 heteroatoms. The van der Waals surface area contributed by atoms with Crippen LogP contribution in [0.5, 0.6) is 0 Å². The first-order valence-electron chi connectivity index (χ1n) is 5.80. The molecule has 0 saturated carbocycles. The molecule has 0 unspecified atom stereocenters. The standard InChI is InChI=1S/C12H25N3O2/c1-11(2,3)9(16)12(4,5)14-10(17)15(6)8-7-13/h7-8,13H2,1-6H3,(H,14,17). The van der Waals surface area contributed by atoms with Gasteiger partial charge in [-0.1, -0.05) is 20.8 Å². The summed E-state index contributed by atoms with van der Waals surface area (Å²) in [4.78, 5) is 25.4. The molecule has 5 nitrogen and oxygen atoms in total. The van der Waals surface area contributed by atoms with Crippen molar-refractivity contribution in [1.29, 1.82) is 0 Å². The molecule has 0 aromatic heterocycles. The molecule has 0 aromatic carbocycles. The molecule has 0 aromatic rings. The van der Waals surface area contributed by atoms with Crippen LogP contribution in [0.2, 0.25) is 0 Å². The van der Waals surface area contributed by atoms with Gasteiger partial charge in [0, 0.05) is 25.6 Å². The van der Waals surface area contributed by atoms with Gasteiger partial charge in [0.15, 0.2) is 5.78 Å². The summed E-state index contributed by atoms with van der Waals surface area (Å²) in [6.45, 7) is 9.82. The largest absolute Gasteiger partial charge is 0.329 e. The molecule has 2 amide bonds. The number of hydrogen-bond donors (Lipinski definition) is 2. The van der Waals surface area contributed by atoms with E-state index in [9.17, 15) is 9.59 Å². The van der Waals surface area contributed by atoms with Crippen LogP contribution in [-0.4, -0.2) is 42.4 Å². The second-order valence-electron chi connectivity index (χ2n) is 5.84. The van der Waals surface area contributed by atoms with Crippen LogP contribution in [0.15, 0.2) is 0 Å². The minimum absolute atomic E-state index is 0.000464. The lowest BCUT2D eigenvalue weighted by molar-refractivity contribution is -0.131. The van der Waals surface area contributed by atoms with Crippen molar-refractivity contribution in [3.63, 3.8) is 0 Å². The molecule has 0 aliphatic rings. The van der Waals surface area contributed by atoms with Crippen LogP contribution in [0.1, 0.15) is 34.6 Å². The van der Waals surface area contributed by atoms with Crippen molar-refractivity contribution < 1.29 is 9.59 Å². The van der Waals surface area contributed by atoms with Crippen molar-refractivity contribution in [2.75, 3.05) is 20.1 Å². The quantitative estimate of drug-likeness (QED) is 0.773. The Morgan fingerprint density at radius 2 is 1.65 bits per heavy atom. The van der Waals surface area contributed by atoms with Crippen LogP contribution >= 0.6 is 0 Å². The normalized spacial score (nSPS) is 12.2. The molecule has 0 spiro atoms. The molecule has 0 bridgehead atoms. The van der Waals surface area contributed by atoms with Crippen molar-refractivity contribution in [3.05, 3.63) is 0 Å². The number of amides is 2. The minimum atomic E-state index is -0.877. The molecule has 0 radical (unpaired) electrons. The van der Waals surface area contributed by atoms with Gasteiger partial charge in [-0.3, -0.25) is 4.79 Å². The summed E-state index contributed by atoms with van der Waals surface area (Å²) in [6, 6.07) is -0.280. The van der Waals surface area contributed by atoms with E-state index in [1.807, 2.05) is 20.8 Å². The lowest BCUT2D eigenvalue weighted by Crippen LogP contribution is -2.56. The monoisotopic (exact) mass is 243 g/mol. The van der Waals surface area contributed by atoms with Gasteiger partial charge in [0.2, 0.25) is 0 Å². The van der Waals surface area contributed by atoms with Gasteiger partial charge in [0.1, 0.15) is 0 Å². The second kappa shape index (κ2) is 5.49. The number of ketones is 1. The molecule has 0 saturated heterocycles. The Morgan fingerprint density at radius 3 is 2.00 bits per heavy atom. The van der Waals surface area contributed by atoms with E-state index >= 15 is 0 Å². The zero-order valence-corrected chi connectivity index (χ0v) is 11.8. The molecule has 0 aliphatic carbocycles. The molecule has 0 rings (SSSR count). The summed E-state index contributed by atoms with van der Waals surface area (Å²) >= 11 is 0. The van der Waals surface area contributed by atoms with Crippen LogP contribution in [0.4, 0.5) is 4.79 Å². The predicted octanol–water partition coefficient (Wildman–Crippen LogP) is 0.980. The highest BCUT2D eigenvalue weighted by molar-refractivity contribution is 5.95. The zero-order chi connectivity index (χ0) is 13.9. The third-order valence-electron chi connectivity index (χ3n) is 2.48. The van der Waals surface area contributed by atoms with Crippen LogP contribution in [-0.2, 0) is 4.79 Å². The van der Waals surface area contributed by atoms with Gasteiger partial charge in [-0.25, -0.2) is 4.79 Å². The zero-order valence-electron chi connectivity index (χ0n) is 11.8. The molecule has 0 fully saturated rings. The van der Waals surface area contributed by atoms with E-state index in [0.29, 0.717) is 13.1 Å². The predicted molar refractivity (Wildman–Crippen MR) is 68.8 cm³/mol. The van der Waals surface area contributed by atoms with Gasteiger partial charge < -0.3 is 16.0 Å². The van der Waals surface area contributed by atoms with E-state index in [1.165, 1.54) is 4.90 Å². The minimum Gasteiger partial charge on any atom is -0.329 e. The Hall–Kier alpha value is -1.10. The van der Waals surface area contributed by atoms with Crippen LogP contribution in [0, 0.1) is 5.41 Å². The van der Waals surface area contributed by atoms with E-state index in [1.54, 1.807) is 20.9 Å². The van der Waals surface area contributed by atoms with Crippen molar-refractivity contribution >= 4 is 11.8 Å². The topological polar surface area (TPSA) is 75.4 Å². The van der Waals surface area contributed by atoms with Crippen LogP contribution in [0.3, 0.4) is 0 Å². The molecule has 17 heavy (non-hydrogen) atoms. The fourth-order valence-electron chi connectivity index (χ4n) is 1.65. The maximum absolute atomic E-state index is 12.1. The number of nitrogens with one attached hydrogen (secondary N) is 1. The fourth-order valence-corrected chi connectivity index (χ4v) is 1.65. The molecule has 0 atom stereocenters. The summed E-state index contributed by atoms with van der Waals surface area (Å²) < 4.78 is 0. The summed E-state index contributed by atoms with van der Waals surface area (Å²) in [5.74, 6) is -0.000464. The van der Waals surface area contributed by atoms with E-state index < -0.39 is 11.0 Å². The first kappa shape index (κ1) is 15.9. The second-order valence-corrected chi connectivity index (χ2v) is 5.84. The summed E-state index contributed by atoms with van der Waals surface area (Å²) in [6.07, 6.45) is 0. The number of nitrogens with zero attached hydrogens (tertiary/aromatic N) is 1. The molecule has 0 heterocycles. The van der Waals surface area contributed by atoms with Crippen molar-refractivity contribution in [2.24, 2.45) is 11.1 Å². The number of rotatable bonds is 4. The van der Waals surface area contributed by atoms with E-state index in [-0.39, 0.29) is 11.8 Å². The van der Waals surface area contributed by atoms with Crippen molar-refractivity contribution in [3.8, 4) is 0 Å². The Bertz CT molecular complexity index is 293. The number of Topliss-reactive ketones (excluding diaryl/α,β-unsaturated/α-hetero) is 1. The number of nitrogens with two attached hydrogens (primary N) is 1. The molecular weight excluding hydrogens is 218 g/mol. The summed E-state index contributed by atoms with van der Waals surface area (Å²) in [5, 5.41) is 2.73. The summed E-state index contributed by atoms with van der Waals surface area (Å²) in [7, 11) is 1.65. The summed E-state index contributed by atoms with van der Waals surface area (Å²) in [5.41, 5.74) is 4.01. The maximum Gasteiger partial charge on any atom is 0.317 e. The highest BCUT2D eigenvalue weighted by Crippen LogP contribution is 2.22. The Labute approximate surface area is 104 Å². The average Bonchev–Trinajstić information content (AvgIpc) is 2.14.